The fourth-order valence-corrected chi connectivity index (χ4v) is 7.05. The van der Waals surface area contributed by atoms with E-state index >= 15 is 0 Å². The predicted octanol–water partition coefficient (Wildman–Crippen LogP) is 3.00. The average Bonchev–Trinajstić information content (AvgIpc) is 2.93. The molecule has 0 aromatic heterocycles. The molecule has 1 saturated carbocycles. The second-order valence-electron chi connectivity index (χ2n) is 11.2. The summed E-state index contributed by atoms with van der Waals surface area (Å²) in [5, 5.41) is 45.2. The van der Waals surface area contributed by atoms with Crippen LogP contribution in [0.1, 0.15) is 31.4 Å². The van der Waals surface area contributed by atoms with Crippen molar-refractivity contribution in [1.29, 1.82) is 0 Å². The van der Waals surface area contributed by atoms with E-state index in [1.807, 2.05) is 0 Å². The summed E-state index contributed by atoms with van der Waals surface area (Å²) in [4.78, 5) is 39.6. The molecule has 0 bridgehead atoms. The Bertz CT molecular complexity index is 1600. The number of phenolic OH excluding ortho intramolecular Hbond substituents is 1. The van der Waals surface area contributed by atoms with Crippen LogP contribution in [0.4, 0.5) is 0 Å². The number of nitrogens with two attached hydrogens (primary N) is 1. The van der Waals surface area contributed by atoms with Crippen molar-refractivity contribution in [3.63, 3.8) is 0 Å². The van der Waals surface area contributed by atoms with E-state index in [-0.39, 0.29) is 29.7 Å². The van der Waals surface area contributed by atoms with Crippen LogP contribution in [0.3, 0.4) is 0 Å². The van der Waals surface area contributed by atoms with Crippen LogP contribution in [0.5, 0.6) is 23.0 Å². The fraction of sp³-hybridized carbons (Fsp3) is 0.387. The van der Waals surface area contributed by atoms with Crippen LogP contribution in [-0.4, -0.2) is 64.8 Å². The number of ketones is 2. The summed E-state index contributed by atoms with van der Waals surface area (Å²) in [6.45, 7) is 3.43. The van der Waals surface area contributed by atoms with Crippen molar-refractivity contribution in [3.05, 3.63) is 52.3 Å². The molecule has 0 heterocycles. The molecule has 1 fully saturated rings. The summed E-state index contributed by atoms with van der Waals surface area (Å²) < 4.78 is 16.6. The Hall–Kier alpha value is -4.51. The van der Waals surface area contributed by atoms with Gasteiger partial charge < -0.3 is 40.4 Å². The lowest BCUT2D eigenvalue weighted by atomic mass is 9.54. The number of hydrogen-bond donors (Lipinski definition) is 5. The lowest BCUT2D eigenvalue weighted by Crippen LogP contribution is -2.62. The van der Waals surface area contributed by atoms with Crippen LogP contribution in [0, 0.1) is 23.7 Å². The SMILES string of the molecule is COc1ccc(-c2ccc(O)c3c2C[C@H]2C[C@H]4[C@H](C(C)C)C(=O)C(C(N)=O)=C(O)[C@@]4(O)C(=O)C2=C3O)c(OC)c1OC. The first-order valence-electron chi connectivity index (χ1n) is 13.5. The summed E-state index contributed by atoms with van der Waals surface area (Å²) in [7, 11) is 4.43. The van der Waals surface area contributed by atoms with Crippen molar-refractivity contribution in [2.75, 3.05) is 21.3 Å². The molecule has 222 valence electrons. The van der Waals surface area contributed by atoms with Crippen molar-refractivity contribution in [3.8, 4) is 34.1 Å². The Labute approximate surface area is 241 Å². The maximum atomic E-state index is 14.1. The second-order valence-corrected chi connectivity index (χ2v) is 11.2. The van der Waals surface area contributed by atoms with Gasteiger partial charge in [-0.05, 0) is 54.0 Å². The Kier molecular flexibility index (Phi) is 6.97. The number of amides is 1. The van der Waals surface area contributed by atoms with Gasteiger partial charge in [-0.3, -0.25) is 14.4 Å². The molecule has 3 aliphatic rings. The highest BCUT2D eigenvalue weighted by atomic mass is 16.5. The molecular weight excluding hydrogens is 546 g/mol. The molecule has 5 rings (SSSR count). The topological polar surface area (TPSA) is 186 Å². The number of rotatable bonds is 6. The minimum absolute atomic E-state index is 0.0168. The maximum absolute atomic E-state index is 14.1. The lowest BCUT2D eigenvalue weighted by Gasteiger charge is -2.50. The third kappa shape index (κ3) is 3.79. The van der Waals surface area contributed by atoms with Gasteiger partial charge in [-0.15, -0.1) is 0 Å². The summed E-state index contributed by atoms with van der Waals surface area (Å²) in [6, 6.07) is 6.46. The van der Waals surface area contributed by atoms with Crippen molar-refractivity contribution < 1.29 is 49.0 Å². The van der Waals surface area contributed by atoms with Crippen LogP contribution in [0.2, 0.25) is 0 Å². The summed E-state index contributed by atoms with van der Waals surface area (Å²) in [5.41, 5.74) is 3.34. The largest absolute Gasteiger partial charge is 0.508 e. The molecule has 11 nitrogen and oxygen atoms in total. The zero-order chi connectivity index (χ0) is 30.8. The molecule has 0 aliphatic heterocycles. The maximum Gasteiger partial charge on any atom is 0.255 e. The normalized spacial score (nSPS) is 25.2. The van der Waals surface area contributed by atoms with E-state index in [0.717, 1.165) is 0 Å². The van der Waals surface area contributed by atoms with Crippen molar-refractivity contribution in [2.45, 2.75) is 32.3 Å². The number of Topliss-reactive ketones (excluding diaryl/α,β-unsaturated/α-hetero) is 2. The van der Waals surface area contributed by atoms with Gasteiger partial charge in [-0.2, -0.15) is 0 Å². The molecule has 0 saturated heterocycles. The van der Waals surface area contributed by atoms with Gasteiger partial charge in [-0.25, -0.2) is 0 Å². The van der Waals surface area contributed by atoms with Crippen LogP contribution >= 0.6 is 0 Å². The number of aliphatic hydroxyl groups is 3. The van der Waals surface area contributed by atoms with Gasteiger partial charge in [0.2, 0.25) is 11.5 Å². The molecule has 0 unspecified atom stereocenters. The number of carbonyl (C=O) groups excluding carboxylic acids is 3. The predicted molar refractivity (Wildman–Crippen MR) is 150 cm³/mol. The van der Waals surface area contributed by atoms with Crippen molar-refractivity contribution >= 4 is 23.2 Å². The quantitative estimate of drug-likeness (QED) is 0.319. The average molecular weight is 580 g/mol. The van der Waals surface area contributed by atoms with Gasteiger partial charge >= 0.3 is 0 Å². The molecule has 0 radical (unpaired) electrons. The number of methoxy groups -OCH3 is 3. The smallest absolute Gasteiger partial charge is 0.255 e. The third-order valence-corrected chi connectivity index (χ3v) is 8.85. The molecular formula is C31H33NO10. The number of primary amides is 1. The van der Waals surface area contributed by atoms with Gasteiger partial charge in [0.25, 0.3) is 5.91 Å². The zero-order valence-electron chi connectivity index (χ0n) is 23.8. The van der Waals surface area contributed by atoms with E-state index < -0.39 is 63.8 Å². The molecule has 42 heavy (non-hydrogen) atoms. The number of aromatic hydroxyl groups is 1. The third-order valence-electron chi connectivity index (χ3n) is 8.85. The Morgan fingerprint density at radius 3 is 2.19 bits per heavy atom. The molecule has 2 aromatic rings. The van der Waals surface area contributed by atoms with E-state index in [0.29, 0.717) is 33.9 Å². The zero-order valence-corrected chi connectivity index (χ0v) is 23.8. The number of benzene rings is 2. The van der Waals surface area contributed by atoms with E-state index in [4.69, 9.17) is 19.9 Å². The highest BCUT2D eigenvalue weighted by Crippen LogP contribution is 2.56. The summed E-state index contributed by atoms with van der Waals surface area (Å²) in [5.74, 6) is -7.13. The molecule has 0 spiro atoms. The van der Waals surface area contributed by atoms with Crippen LogP contribution < -0.4 is 19.9 Å². The Morgan fingerprint density at radius 1 is 0.976 bits per heavy atom. The van der Waals surface area contributed by atoms with Gasteiger partial charge in [0.15, 0.2) is 22.9 Å². The number of ether oxygens (including phenoxy) is 3. The molecule has 3 aliphatic carbocycles. The van der Waals surface area contributed by atoms with Gasteiger partial charge in [-0.1, -0.05) is 19.9 Å². The minimum atomic E-state index is -2.66. The molecule has 1 amide bonds. The number of carbonyl (C=O) groups is 3. The highest BCUT2D eigenvalue weighted by molar-refractivity contribution is 6.23. The standard InChI is InChI=1S/C31H33NO10/c1-12(2)20-17-11-13-10-16-14(15-7-9-19(40-3)27(42-5)26(15)41-4)6-8-18(33)22(16)25(35)21(13)28(36)31(17,39)29(37)23(24(20)34)30(32)38/h6-9,12-13,17,20,33,35,37,39H,10-11H2,1-5H3,(H2,32,38)/t13-,17-,20-,31-/m0/s1. The fourth-order valence-electron chi connectivity index (χ4n) is 7.05. The van der Waals surface area contributed by atoms with Gasteiger partial charge in [0.1, 0.15) is 22.8 Å². The molecule has 4 atom stereocenters. The minimum Gasteiger partial charge on any atom is -0.508 e. The first-order chi connectivity index (χ1) is 19.8. The van der Waals surface area contributed by atoms with Crippen LogP contribution in [0.25, 0.3) is 16.9 Å². The number of aliphatic hydroxyl groups excluding tert-OH is 2. The highest BCUT2D eigenvalue weighted by Gasteiger charge is 2.64. The van der Waals surface area contributed by atoms with Crippen molar-refractivity contribution in [2.24, 2.45) is 29.4 Å². The summed E-state index contributed by atoms with van der Waals surface area (Å²) >= 11 is 0. The van der Waals surface area contributed by atoms with Crippen LogP contribution in [0.15, 0.2) is 41.2 Å². The molecule has 2 aromatic carbocycles. The van der Waals surface area contributed by atoms with E-state index in [1.54, 1.807) is 32.0 Å². The number of fused-ring (bicyclic) bond motifs is 3. The Morgan fingerprint density at radius 2 is 1.62 bits per heavy atom. The monoisotopic (exact) mass is 579 g/mol. The van der Waals surface area contributed by atoms with Crippen LogP contribution in [-0.2, 0) is 20.8 Å². The van der Waals surface area contributed by atoms with Gasteiger partial charge in [0, 0.05) is 23.0 Å². The number of phenols is 1. The summed E-state index contributed by atoms with van der Waals surface area (Å²) in [6.07, 6.45) is 0.157. The number of hydrogen-bond acceptors (Lipinski definition) is 10. The van der Waals surface area contributed by atoms with Crippen molar-refractivity contribution in [1.82, 2.24) is 0 Å². The van der Waals surface area contributed by atoms with Gasteiger partial charge in [0.05, 0.1) is 26.9 Å². The Balaban J connectivity index is 1.75. The lowest BCUT2D eigenvalue weighted by molar-refractivity contribution is -0.155. The first-order valence-corrected chi connectivity index (χ1v) is 13.5. The van der Waals surface area contributed by atoms with E-state index in [1.165, 1.54) is 27.4 Å². The molecule has 6 N–H and O–H groups in total. The van der Waals surface area contributed by atoms with E-state index in [9.17, 15) is 34.8 Å². The second kappa shape index (κ2) is 10.1. The molecule has 11 heteroatoms. The van der Waals surface area contributed by atoms with E-state index in [2.05, 4.69) is 0 Å². The first kappa shape index (κ1) is 29.0.